The fourth-order valence-corrected chi connectivity index (χ4v) is 3.75. The standard InChI is InChI=1S/C16H19BrN4O3/c17-14-13(24-9-11-2-1-7-20(11)16(22)23)6-5-12-15(14)18-19-21(12)8-10-3-4-10/h5-6,10-11H,1-4,7-9H2,(H,22,23)/t11-/m1/s1. The molecule has 1 aliphatic heterocycles. The van der Waals surface area contributed by atoms with Gasteiger partial charge in [0.1, 0.15) is 17.9 Å². The van der Waals surface area contributed by atoms with E-state index in [9.17, 15) is 9.90 Å². The molecule has 1 aliphatic carbocycles. The van der Waals surface area contributed by atoms with E-state index in [1.807, 2.05) is 16.8 Å². The van der Waals surface area contributed by atoms with Crippen molar-refractivity contribution in [2.45, 2.75) is 38.3 Å². The second kappa shape index (κ2) is 6.23. The highest BCUT2D eigenvalue weighted by atomic mass is 79.9. The Kier molecular flexibility index (Phi) is 4.07. The number of nitrogens with zero attached hydrogens (tertiary/aromatic N) is 4. The van der Waals surface area contributed by atoms with Crippen molar-refractivity contribution in [2.24, 2.45) is 5.92 Å². The summed E-state index contributed by atoms with van der Waals surface area (Å²) < 4.78 is 8.61. The number of hydrogen-bond donors (Lipinski definition) is 1. The molecule has 0 bridgehead atoms. The Morgan fingerprint density at radius 2 is 2.21 bits per heavy atom. The fraction of sp³-hybridized carbons (Fsp3) is 0.562. The predicted octanol–water partition coefficient (Wildman–Crippen LogP) is 3.13. The van der Waals surface area contributed by atoms with Crippen LogP contribution in [0.25, 0.3) is 11.0 Å². The number of carboxylic acid groups (broad SMARTS) is 1. The molecule has 1 saturated carbocycles. The van der Waals surface area contributed by atoms with Crippen LogP contribution in [0.5, 0.6) is 5.75 Å². The summed E-state index contributed by atoms with van der Waals surface area (Å²) in [5.41, 5.74) is 1.78. The van der Waals surface area contributed by atoms with E-state index in [2.05, 4.69) is 26.2 Å². The highest BCUT2D eigenvalue weighted by Gasteiger charge is 2.29. The van der Waals surface area contributed by atoms with Crippen molar-refractivity contribution in [3.63, 3.8) is 0 Å². The Labute approximate surface area is 147 Å². The Morgan fingerprint density at radius 1 is 1.38 bits per heavy atom. The number of ether oxygens (including phenoxy) is 1. The van der Waals surface area contributed by atoms with Crippen LogP contribution in [-0.2, 0) is 6.54 Å². The zero-order chi connectivity index (χ0) is 16.7. The molecule has 0 unspecified atom stereocenters. The average Bonchev–Trinajstić information content (AvgIpc) is 3.08. The summed E-state index contributed by atoms with van der Waals surface area (Å²) in [7, 11) is 0. The molecule has 7 nitrogen and oxygen atoms in total. The number of hydrogen-bond acceptors (Lipinski definition) is 4. The molecule has 2 heterocycles. The van der Waals surface area contributed by atoms with Crippen LogP contribution in [0, 0.1) is 5.92 Å². The molecule has 2 fully saturated rings. The maximum atomic E-state index is 11.2. The number of likely N-dealkylation sites (tertiary alicyclic amines) is 1. The first-order chi connectivity index (χ1) is 11.6. The minimum Gasteiger partial charge on any atom is -0.490 e. The van der Waals surface area contributed by atoms with E-state index in [0.29, 0.717) is 18.9 Å². The lowest BCUT2D eigenvalue weighted by molar-refractivity contribution is 0.123. The zero-order valence-electron chi connectivity index (χ0n) is 13.2. The molecular weight excluding hydrogens is 376 g/mol. The highest BCUT2D eigenvalue weighted by molar-refractivity contribution is 9.10. The van der Waals surface area contributed by atoms with Crippen molar-refractivity contribution in [3.8, 4) is 5.75 Å². The van der Waals surface area contributed by atoms with Gasteiger partial charge in [-0.05, 0) is 59.7 Å². The molecular formula is C16H19BrN4O3. The van der Waals surface area contributed by atoms with Crippen LogP contribution in [0.1, 0.15) is 25.7 Å². The molecule has 4 rings (SSSR count). The van der Waals surface area contributed by atoms with E-state index in [1.54, 1.807) is 0 Å². The number of fused-ring (bicyclic) bond motifs is 1. The van der Waals surface area contributed by atoms with Crippen LogP contribution < -0.4 is 4.74 Å². The van der Waals surface area contributed by atoms with E-state index >= 15 is 0 Å². The maximum absolute atomic E-state index is 11.2. The molecule has 2 aliphatic rings. The molecule has 24 heavy (non-hydrogen) atoms. The van der Waals surface area contributed by atoms with Crippen molar-refractivity contribution < 1.29 is 14.6 Å². The third-order valence-electron chi connectivity index (χ3n) is 4.77. The SMILES string of the molecule is O=C(O)N1CCC[C@@H]1COc1ccc2c(nnn2CC2CC2)c1Br. The third-order valence-corrected chi connectivity index (χ3v) is 5.54. The van der Waals surface area contributed by atoms with E-state index < -0.39 is 6.09 Å². The van der Waals surface area contributed by atoms with Gasteiger partial charge >= 0.3 is 6.09 Å². The van der Waals surface area contributed by atoms with Gasteiger partial charge in [-0.1, -0.05) is 5.21 Å². The van der Waals surface area contributed by atoms with Crippen LogP contribution in [-0.4, -0.2) is 50.3 Å². The summed E-state index contributed by atoms with van der Waals surface area (Å²) >= 11 is 3.56. The highest BCUT2D eigenvalue weighted by Crippen LogP contribution is 2.35. The molecule has 0 spiro atoms. The Morgan fingerprint density at radius 3 is 2.96 bits per heavy atom. The van der Waals surface area contributed by atoms with Crippen LogP contribution in [0.2, 0.25) is 0 Å². The molecule has 1 saturated heterocycles. The molecule has 1 aromatic carbocycles. The van der Waals surface area contributed by atoms with Crippen molar-refractivity contribution >= 4 is 33.1 Å². The van der Waals surface area contributed by atoms with Gasteiger partial charge in [-0.2, -0.15) is 0 Å². The topological polar surface area (TPSA) is 80.5 Å². The van der Waals surface area contributed by atoms with Gasteiger partial charge in [0, 0.05) is 13.1 Å². The van der Waals surface area contributed by atoms with Crippen LogP contribution in [0.15, 0.2) is 16.6 Å². The quantitative estimate of drug-likeness (QED) is 0.842. The monoisotopic (exact) mass is 394 g/mol. The van der Waals surface area contributed by atoms with E-state index in [0.717, 1.165) is 40.8 Å². The minimum atomic E-state index is -0.876. The number of carbonyl (C=O) groups is 1. The minimum absolute atomic E-state index is 0.0874. The van der Waals surface area contributed by atoms with Gasteiger partial charge in [0.2, 0.25) is 0 Å². The lowest BCUT2D eigenvalue weighted by Crippen LogP contribution is -2.38. The Balaban J connectivity index is 1.50. The number of rotatable bonds is 5. The lowest BCUT2D eigenvalue weighted by Gasteiger charge is -2.21. The summed E-state index contributed by atoms with van der Waals surface area (Å²) in [5.74, 6) is 1.41. The predicted molar refractivity (Wildman–Crippen MR) is 91.2 cm³/mol. The summed E-state index contributed by atoms with van der Waals surface area (Å²) in [6, 6.07) is 3.79. The van der Waals surface area contributed by atoms with Gasteiger partial charge in [-0.15, -0.1) is 5.10 Å². The van der Waals surface area contributed by atoms with Gasteiger partial charge in [-0.25, -0.2) is 9.48 Å². The Bertz CT molecular complexity index is 774. The number of benzene rings is 1. The molecule has 0 radical (unpaired) electrons. The zero-order valence-corrected chi connectivity index (χ0v) is 14.8. The second-order valence-corrected chi connectivity index (χ2v) is 7.34. The summed E-state index contributed by atoms with van der Waals surface area (Å²) in [6.07, 6.45) is 3.38. The normalized spacial score (nSPS) is 20.7. The Hall–Kier alpha value is -1.83. The average molecular weight is 395 g/mol. The second-order valence-electron chi connectivity index (χ2n) is 6.54. The van der Waals surface area contributed by atoms with Gasteiger partial charge in [0.15, 0.2) is 0 Å². The van der Waals surface area contributed by atoms with E-state index in [1.165, 1.54) is 17.7 Å². The molecule has 1 N–H and O–H groups in total. The van der Waals surface area contributed by atoms with Crippen molar-refractivity contribution in [2.75, 3.05) is 13.2 Å². The molecule has 1 amide bonds. The van der Waals surface area contributed by atoms with E-state index in [4.69, 9.17) is 4.74 Å². The van der Waals surface area contributed by atoms with Gasteiger partial charge < -0.3 is 14.7 Å². The van der Waals surface area contributed by atoms with Crippen LogP contribution in [0.4, 0.5) is 4.79 Å². The van der Waals surface area contributed by atoms with Crippen molar-refractivity contribution in [1.29, 1.82) is 0 Å². The number of amides is 1. The summed E-state index contributed by atoms with van der Waals surface area (Å²) in [5, 5.41) is 17.7. The number of halogens is 1. The smallest absolute Gasteiger partial charge is 0.407 e. The molecule has 2 aromatic rings. The molecule has 8 heteroatoms. The first-order valence-electron chi connectivity index (χ1n) is 8.27. The van der Waals surface area contributed by atoms with Crippen molar-refractivity contribution in [3.05, 3.63) is 16.6 Å². The fourth-order valence-electron chi connectivity index (χ4n) is 3.22. The lowest BCUT2D eigenvalue weighted by atomic mass is 10.2. The first-order valence-corrected chi connectivity index (χ1v) is 9.07. The van der Waals surface area contributed by atoms with Crippen LogP contribution >= 0.6 is 15.9 Å². The van der Waals surface area contributed by atoms with Gasteiger partial charge in [0.25, 0.3) is 0 Å². The third kappa shape index (κ3) is 2.94. The molecule has 1 aromatic heterocycles. The summed E-state index contributed by atoms with van der Waals surface area (Å²) in [6.45, 7) is 1.85. The van der Waals surface area contributed by atoms with Crippen LogP contribution in [0.3, 0.4) is 0 Å². The molecule has 1 atom stereocenters. The summed E-state index contributed by atoms with van der Waals surface area (Å²) in [4.78, 5) is 12.7. The molecule has 128 valence electrons. The maximum Gasteiger partial charge on any atom is 0.407 e. The van der Waals surface area contributed by atoms with Crippen molar-refractivity contribution in [1.82, 2.24) is 19.9 Å². The van der Waals surface area contributed by atoms with E-state index in [-0.39, 0.29) is 6.04 Å². The first kappa shape index (κ1) is 15.7. The largest absolute Gasteiger partial charge is 0.490 e. The van der Waals surface area contributed by atoms with Gasteiger partial charge in [-0.3, -0.25) is 0 Å². The number of aromatic nitrogens is 3. The van der Waals surface area contributed by atoms with Gasteiger partial charge in [0.05, 0.1) is 16.0 Å².